The van der Waals surface area contributed by atoms with E-state index >= 15 is 0 Å². The van der Waals surface area contributed by atoms with Crippen LogP contribution in [0.25, 0.3) is 0 Å². The maximum Gasteiger partial charge on any atom is 0.223 e. The number of nitrogens with zero attached hydrogens (tertiary/aromatic N) is 2. The Balaban J connectivity index is 1.97. The number of hydrogen-bond donors (Lipinski definition) is 1. The standard InChI is InChI=1S/C12H18N2O3/c1-7(12-8(2)13-17-9(12)3)4-11(16)14-5-10(15)6-14/h7,10,15H,4-6H2,1-3H3. The molecule has 0 aliphatic carbocycles. The molecule has 1 atom stereocenters. The number of β-amino-alcohol motifs (C(OH)–C–C–N with tert-alkyl or cyclic N) is 1. The summed E-state index contributed by atoms with van der Waals surface area (Å²) >= 11 is 0. The fourth-order valence-electron chi connectivity index (χ4n) is 2.35. The first-order chi connectivity index (χ1) is 7.99. The van der Waals surface area contributed by atoms with Crippen LogP contribution in [-0.4, -0.2) is 40.3 Å². The second kappa shape index (κ2) is 4.49. The Labute approximate surface area is 100 Å². The van der Waals surface area contributed by atoms with Crippen molar-refractivity contribution in [3.8, 4) is 0 Å². The van der Waals surface area contributed by atoms with Crippen LogP contribution in [0.4, 0.5) is 0 Å². The van der Waals surface area contributed by atoms with Crippen LogP contribution in [-0.2, 0) is 4.79 Å². The molecule has 1 amide bonds. The van der Waals surface area contributed by atoms with Crippen LogP contribution in [0.1, 0.15) is 36.3 Å². The number of aliphatic hydroxyl groups excluding tert-OH is 1. The van der Waals surface area contributed by atoms with Gasteiger partial charge in [-0.2, -0.15) is 0 Å². The number of carbonyl (C=O) groups is 1. The van der Waals surface area contributed by atoms with E-state index in [1.807, 2.05) is 20.8 Å². The molecule has 1 aromatic rings. The van der Waals surface area contributed by atoms with E-state index in [4.69, 9.17) is 9.63 Å². The predicted octanol–water partition coefficient (Wildman–Crippen LogP) is 0.988. The third-order valence-corrected chi connectivity index (χ3v) is 3.28. The molecule has 0 saturated carbocycles. The molecule has 5 heteroatoms. The molecule has 2 heterocycles. The van der Waals surface area contributed by atoms with Crippen molar-refractivity contribution in [1.29, 1.82) is 0 Å². The molecule has 1 saturated heterocycles. The minimum absolute atomic E-state index is 0.0859. The molecule has 1 aromatic heterocycles. The number of aromatic nitrogens is 1. The zero-order valence-electron chi connectivity index (χ0n) is 10.4. The molecule has 17 heavy (non-hydrogen) atoms. The zero-order valence-corrected chi connectivity index (χ0v) is 10.4. The van der Waals surface area contributed by atoms with E-state index in [9.17, 15) is 4.79 Å². The average molecular weight is 238 g/mol. The largest absolute Gasteiger partial charge is 0.389 e. The van der Waals surface area contributed by atoms with Crippen LogP contribution < -0.4 is 0 Å². The fraction of sp³-hybridized carbons (Fsp3) is 0.667. The van der Waals surface area contributed by atoms with E-state index in [2.05, 4.69) is 5.16 Å². The van der Waals surface area contributed by atoms with Gasteiger partial charge in [0.05, 0.1) is 11.8 Å². The highest BCUT2D eigenvalue weighted by Gasteiger charge is 2.30. The van der Waals surface area contributed by atoms with Gasteiger partial charge in [-0.1, -0.05) is 12.1 Å². The number of amides is 1. The average Bonchev–Trinajstić information content (AvgIpc) is 2.53. The molecular weight excluding hydrogens is 220 g/mol. The van der Waals surface area contributed by atoms with Crippen molar-refractivity contribution >= 4 is 5.91 Å². The van der Waals surface area contributed by atoms with Gasteiger partial charge in [-0.15, -0.1) is 0 Å². The Kier molecular flexibility index (Phi) is 3.19. The van der Waals surface area contributed by atoms with Crippen LogP contribution >= 0.6 is 0 Å². The van der Waals surface area contributed by atoms with E-state index in [0.29, 0.717) is 19.5 Å². The van der Waals surface area contributed by atoms with Crippen molar-refractivity contribution in [3.63, 3.8) is 0 Å². The molecular formula is C12H18N2O3. The summed E-state index contributed by atoms with van der Waals surface area (Å²) in [6.07, 6.45) is 0.101. The Bertz CT molecular complexity index is 402. The summed E-state index contributed by atoms with van der Waals surface area (Å²) in [6, 6.07) is 0. The predicted molar refractivity (Wildman–Crippen MR) is 61.6 cm³/mol. The lowest BCUT2D eigenvalue weighted by Crippen LogP contribution is -2.53. The Morgan fingerprint density at radius 3 is 2.71 bits per heavy atom. The van der Waals surface area contributed by atoms with Gasteiger partial charge in [0.2, 0.25) is 5.91 Å². The Hall–Kier alpha value is -1.36. The third kappa shape index (κ3) is 2.34. The molecule has 0 aromatic carbocycles. The molecule has 1 fully saturated rings. The van der Waals surface area contributed by atoms with Crippen molar-refractivity contribution in [2.24, 2.45) is 0 Å². The summed E-state index contributed by atoms with van der Waals surface area (Å²) in [5, 5.41) is 13.1. The minimum Gasteiger partial charge on any atom is -0.389 e. The number of likely N-dealkylation sites (tertiary alicyclic amines) is 1. The summed E-state index contributed by atoms with van der Waals surface area (Å²) in [5.41, 5.74) is 1.88. The van der Waals surface area contributed by atoms with Gasteiger partial charge in [-0.05, 0) is 19.8 Å². The first-order valence-electron chi connectivity index (χ1n) is 5.87. The molecule has 0 spiro atoms. The van der Waals surface area contributed by atoms with Gasteiger partial charge in [-0.3, -0.25) is 4.79 Å². The van der Waals surface area contributed by atoms with Crippen molar-refractivity contribution < 1.29 is 14.4 Å². The maximum atomic E-state index is 11.9. The quantitative estimate of drug-likeness (QED) is 0.852. The lowest BCUT2D eigenvalue weighted by atomic mass is 9.95. The Morgan fingerprint density at radius 2 is 2.24 bits per heavy atom. The van der Waals surface area contributed by atoms with Crippen LogP contribution in [0.3, 0.4) is 0 Å². The van der Waals surface area contributed by atoms with E-state index in [-0.39, 0.29) is 17.9 Å². The van der Waals surface area contributed by atoms with E-state index in [1.54, 1.807) is 4.90 Å². The lowest BCUT2D eigenvalue weighted by Gasteiger charge is -2.36. The van der Waals surface area contributed by atoms with Crippen molar-refractivity contribution in [1.82, 2.24) is 10.1 Å². The number of aliphatic hydroxyl groups is 1. The minimum atomic E-state index is -0.340. The van der Waals surface area contributed by atoms with Crippen molar-refractivity contribution in [2.75, 3.05) is 13.1 Å². The molecule has 0 radical (unpaired) electrons. The summed E-state index contributed by atoms with van der Waals surface area (Å²) in [4.78, 5) is 13.5. The first kappa shape index (κ1) is 12.1. The van der Waals surface area contributed by atoms with Gasteiger partial charge < -0.3 is 14.5 Å². The van der Waals surface area contributed by atoms with E-state index < -0.39 is 0 Å². The fourth-order valence-corrected chi connectivity index (χ4v) is 2.35. The second-order valence-electron chi connectivity index (χ2n) is 4.80. The molecule has 0 bridgehead atoms. The molecule has 5 nitrogen and oxygen atoms in total. The second-order valence-corrected chi connectivity index (χ2v) is 4.80. The lowest BCUT2D eigenvalue weighted by molar-refractivity contribution is -0.141. The van der Waals surface area contributed by atoms with Crippen molar-refractivity contribution in [3.05, 3.63) is 17.0 Å². The van der Waals surface area contributed by atoms with E-state index in [1.165, 1.54) is 0 Å². The molecule has 94 valence electrons. The molecule has 1 N–H and O–H groups in total. The van der Waals surface area contributed by atoms with Crippen molar-refractivity contribution in [2.45, 2.75) is 39.2 Å². The maximum absolute atomic E-state index is 11.9. The summed E-state index contributed by atoms with van der Waals surface area (Å²) in [5.74, 6) is 0.973. The topological polar surface area (TPSA) is 66.6 Å². The van der Waals surface area contributed by atoms with Crippen LogP contribution in [0, 0.1) is 13.8 Å². The smallest absolute Gasteiger partial charge is 0.223 e. The molecule has 1 aliphatic rings. The molecule has 1 unspecified atom stereocenters. The summed E-state index contributed by atoms with van der Waals surface area (Å²) in [6.45, 7) is 6.69. The first-order valence-corrected chi connectivity index (χ1v) is 5.87. The summed E-state index contributed by atoms with van der Waals surface area (Å²) < 4.78 is 5.10. The Morgan fingerprint density at radius 1 is 1.59 bits per heavy atom. The summed E-state index contributed by atoms with van der Waals surface area (Å²) in [7, 11) is 0. The van der Waals surface area contributed by atoms with Gasteiger partial charge in [0.15, 0.2) is 0 Å². The van der Waals surface area contributed by atoms with Gasteiger partial charge in [0.25, 0.3) is 0 Å². The highest BCUT2D eigenvalue weighted by molar-refractivity contribution is 5.78. The van der Waals surface area contributed by atoms with Crippen LogP contribution in [0.15, 0.2) is 4.52 Å². The van der Waals surface area contributed by atoms with E-state index in [0.717, 1.165) is 17.0 Å². The number of aryl methyl sites for hydroxylation is 2. The number of hydrogen-bond acceptors (Lipinski definition) is 4. The number of rotatable bonds is 3. The third-order valence-electron chi connectivity index (χ3n) is 3.28. The van der Waals surface area contributed by atoms with Crippen LogP contribution in [0.2, 0.25) is 0 Å². The highest BCUT2D eigenvalue weighted by atomic mass is 16.5. The van der Waals surface area contributed by atoms with Gasteiger partial charge >= 0.3 is 0 Å². The highest BCUT2D eigenvalue weighted by Crippen LogP contribution is 2.27. The van der Waals surface area contributed by atoms with Crippen LogP contribution in [0.5, 0.6) is 0 Å². The van der Waals surface area contributed by atoms with Gasteiger partial charge in [0, 0.05) is 25.1 Å². The monoisotopic (exact) mass is 238 g/mol. The zero-order chi connectivity index (χ0) is 12.6. The SMILES string of the molecule is Cc1noc(C)c1C(C)CC(=O)N1CC(O)C1. The normalized spacial score (nSPS) is 18.0. The number of carbonyl (C=O) groups excluding carboxylic acids is 1. The molecule has 1 aliphatic heterocycles. The molecule has 2 rings (SSSR count). The van der Waals surface area contributed by atoms with Gasteiger partial charge in [-0.25, -0.2) is 0 Å². The van der Waals surface area contributed by atoms with Gasteiger partial charge in [0.1, 0.15) is 5.76 Å².